The van der Waals surface area contributed by atoms with Crippen LogP contribution in [0.1, 0.15) is 58.8 Å². The Morgan fingerprint density at radius 2 is 1.74 bits per heavy atom. The van der Waals surface area contributed by atoms with Crippen LogP contribution in [-0.4, -0.2) is 34.5 Å². The first-order valence-corrected chi connectivity index (χ1v) is 7.49. The Hall–Kier alpha value is -0.900. The van der Waals surface area contributed by atoms with Gasteiger partial charge in [0.1, 0.15) is 0 Å². The number of imide groups is 1. The van der Waals surface area contributed by atoms with Gasteiger partial charge in [-0.3, -0.25) is 14.5 Å². The van der Waals surface area contributed by atoms with Crippen LogP contribution in [0.3, 0.4) is 0 Å². The van der Waals surface area contributed by atoms with E-state index in [1.807, 2.05) is 13.8 Å². The lowest BCUT2D eigenvalue weighted by Gasteiger charge is -2.26. The first-order valence-electron chi connectivity index (χ1n) is 7.49. The Kier molecular flexibility index (Phi) is 4.29. The van der Waals surface area contributed by atoms with Crippen molar-refractivity contribution in [1.29, 1.82) is 0 Å². The van der Waals surface area contributed by atoms with Gasteiger partial charge < -0.3 is 5.11 Å². The summed E-state index contributed by atoms with van der Waals surface area (Å²) in [5, 5.41) is 9.92. The van der Waals surface area contributed by atoms with Gasteiger partial charge in [0, 0.05) is 6.42 Å². The van der Waals surface area contributed by atoms with E-state index in [1.165, 1.54) is 4.90 Å². The van der Waals surface area contributed by atoms with Crippen molar-refractivity contribution in [1.82, 2.24) is 4.90 Å². The fourth-order valence-electron chi connectivity index (χ4n) is 3.24. The average Bonchev–Trinajstić information content (AvgIpc) is 2.56. The second-order valence-corrected chi connectivity index (χ2v) is 6.49. The summed E-state index contributed by atoms with van der Waals surface area (Å²) in [6, 6.07) is 0. The van der Waals surface area contributed by atoms with E-state index in [0.717, 1.165) is 38.5 Å². The highest BCUT2D eigenvalue weighted by atomic mass is 16.3. The van der Waals surface area contributed by atoms with Gasteiger partial charge in [0.15, 0.2) is 0 Å². The lowest BCUT2D eigenvalue weighted by molar-refractivity contribution is -0.143. The van der Waals surface area contributed by atoms with E-state index in [2.05, 4.69) is 0 Å². The zero-order valence-electron chi connectivity index (χ0n) is 12.0. The molecule has 1 aliphatic carbocycles. The predicted octanol–water partition coefficient (Wildman–Crippen LogP) is 2.10. The maximum absolute atomic E-state index is 12.6. The van der Waals surface area contributed by atoms with Gasteiger partial charge in [-0.2, -0.15) is 0 Å². The molecule has 0 aromatic carbocycles. The third kappa shape index (κ3) is 2.83. The molecule has 1 spiro atoms. The summed E-state index contributed by atoms with van der Waals surface area (Å²) >= 11 is 0. The number of β-amino-alcohol motifs (C(OH)–C–C–N with tert-alkyl or cyclic N) is 1. The Morgan fingerprint density at radius 3 is 2.26 bits per heavy atom. The molecule has 0 aromatic heterocycles. The molecule has 1 saturated carbocycles. The number of aliphatic hydroxyl groups excluding tert-OH is 1. The van der Waals surface area contributed by atoms with Crippen molar-refractivity contribution in [3.8, 4) is 0 Å². The van der Waals surface area contributed by atoms with Crippen LogP contribution < -0.4 is 0 Å². The van der Waals surface area contributed by atoms with Gasteiger partial charge in [-0.25, -0.2) is 0 Å². The number of amides is 2. The maximum atomic E-state index is 12.6. The number of nitrogens with zero attached hydrogens (tertiary/aromatic N) is 1. The van der Waals surface area contributed by atoms with E-state index in [4.69, 9.17) is 0 Å². The van der Waals surface area contributed by atoms with E-state index in [-0.39, 0.29) is 24.3 Å². The van der Waals surface area contributed by atoms with Crippen LogP contribution >= 0.6 is 0 Å². The zero-order valence-corrected chi connectivity index (χ0v) is 12.0. The maximum Gasteiger partial charge on any atom is 0.235 e. The highest BCUT2D eigenvalue weighted by molar-refractivity contribution is 6.05. The molecule has 108 valence electrons. The number of hydrogen-bond acceptors (Lipinski definition) is 3. The summed E-state index contributed by atoms with van der Waals surface area (Å²) in [6.45, 7) is 3.96. The summed E-state index contributed by atoms with van der Waals surface area (Å²) in [5.41, 5.74) is -0.440. The number of carbonyl (C=O) groups is 2. The number of aliphatic hydroxyl groups is 1. The summed E-state index contributed by atoms with van der Waals surface area (Å²) in [5.74, 6) is -0.0583. The van der Waals surface area contributed by atoms with Gasteiger partial charge in [0.2, 0.25) is 11.8 Å². The van der Waals surface area contributed by atoms with Gasteiger partial charge in [-0.1, -0.05) is 39.5 Å². The van der Waals surface area contributed by atoms with Crippen molar-refractivity contribution in [2.24, 2.45) is 11.3 Å². The van der Waals surface area contributed by atoms with E-state index in [1.54, 1.807) is 0 Å². The Bertz CT molecular complexity index is 356. The molecule has 19 heavy (non-hydrogen) atoms. The van der Waals surface area contributed by atoms with Crippen LogP contribution in [0.15, 0.2) is 0 Å². The van der Waals surface area contributed by atoms with E-state index < -0.39 is 11.5 Å². The predicted molar refractivity (Wildman–Crippen MR) is 72.3 cm³/mol. The summed E-state index contributed by atoms with van der Waals surface area (Å²) in [4.78, 5) is 26.0. The van der Waals surface area contributed by atoms with Crippen molar-refractivity contribution in [2.75, 3.05) is 6.54 Å². The molecule has 2 aliphatic rings. The molecule has 0 radical (unpaired) electrons. The molecule has 2 fully saturated rings. The number of carbonyl (C=O) groups excluding carboxylic acids is 2. The number of rotatable bonds is 3. The minimum absolute atomic E-state index is 0.0286. The Balaban J connectivity index is 2.11. The number of likely N-dealkylation sites (tertiary alicyclic amines) is 1. The number of hydrogen-bond donors (Lipinski definition) is 1. The molecule has 1 unspecified atom stereocenters. The summed E-state index contributed by atoms with van der Waals surface area (Å²) < 4.78 is 0. The second-order valence-electron chi connectivity index (χ2n) is 6.49. The van der Waals surface area contributed by atoms with Crippen molar-refractivity contribution in [2.45, 2.75) is 64.9 Å². The lowest BCUT2D eigenvalue weighted by Crippen LogP contribution is -2.41. The molecule has 1 heterocycles. The highest BCUT2D eigenvalue weighted by Crippen LogP contribution is 2.44. The molecular formula is C15H25NO3. The third-order valence-corrected chi connectivity index (χ3v) is 4.69. The molecule has 2 amide bonds. The van der Waals surface area contributed by atoms with Gasteiger partial charge in [0.05, 0.1) is 18.1 Å². The molecule has 4 heteroatoms. The fraction of sp³-hybridized carbons (Fsp3) is 0.867. The van der Waals surface area contributed by atoms with Gasteiger partial charge in [0.25, 0.3) is 0 Å². The molecule has 2 rings (SSSR count). The van der Waals surface area contributed by atoms with Gasteiger partial charge in [-0.05, 0) is 18.8 Å². The minimum atomic E-state index is -0.617. The van der Waals surface area contributed by atoms with Gasteiger partial charge in [-0.15, -0.1) is 0 Å². The zero-order chi connectivity index (χ0) is 14.0. The average molecular weight is 267 g/mol. The van der Waals surface area contributed by atoms with Crippen molar-refractivity contribution in [3.05, 3.63) is 0 Å². The van der Waals surface area contributed by atoms with Crippen LogP contribution in [0, 0.1) is 11.3 Å². The minimum Gasteiger partial charge on any atom is -0.391 e. The fourth-order valence-corrected chi connectivity index (χ4v) is 3.24. The van der Waals surface area contributed by atoms with E-state index >= 15 is 0 Å². The van der Waals surface area contributed by atoms with Crippen LogP contribution in [0.5, 0.6) is 0 Å². The molecule has 1 aliphatic heterocycles. The normalized spacial score (nSPS) is 25.2. The van der Waals surface area contributed by atoms with Crippen molar-refractivity contribution >= 4 is 11.8 Å². The molecule has 1 N–H and O–H groups in total. The topological polar surface area (TPSA) is 57.6 Å². The van der Waals surface area contributed by atoms with Crippen LogP contribution in [0.2, 0.25) is 0 Å². The summed E-state index contributed by atoms with van der Waals surface area (Å²) in [6.07, 6.45) is 5.83. The first-order chi connectivity index (χ1) is 8.96. The SMILES string of the molecule is CC(C)C(O)CN1C(=O)CC2(CCCCCC2)C1=O. The lowest BCUT2D eigenvalue weighted by atomic mass is 9.79. The van der Waals surface area contributed by atoms with Crippen molar-refractivity contribution < 1.29 is 14.7 Å². The smallest absolute Gasteiger partial charge is 0.235 e. The molecule has 1 atom stereocenters. The Morgan fingerprint density at radius 1 is 1.16 bits per heavy atom. The van der Waals surface area contributed by atoms with Crippen LogP contribution in [0.25, 0.3) is 0 Å². The largest absolute Gasteiger partial charge is 0.391 e. The quantitative estimate of drug-likeness (QED) is 0.797. The molecule has 0 bridgehead atoms. The Labute approximate surface area is 115 Å². The van der Waals surface area contributed by atoms with E-state index in [0.29, 0.717) is 6.42 Å². The van der Waals surface area contributed by atoms with E-state index in [9.17, 15) is 14.7 Å². The highest BCUT2D eigenvalue weighted by Gasteiger charge is 2.51. The van der Waals surface area contributed by atoms with Gasteiger partial charge >= 0.3 is 0 Å². The standard InChI is InChI=1S/C15H25NO3/c1-11(2)12(17)10-16-13(18)9-15(14(16)19)7-5-3-4-6-8-15/h11-12,17H,3-10H2,1-2H3. The van der Waals surface area contributed by atoms with Crippen LogP contribution in [-0.2, 0) is 9.59 Å². The first kappa shape index (κ1) is 14.5. The second kappa shape index (κ2) is 5.61. The van der Waals surface area contributed by atoms with Crippen molar-refractivity contribution in [3.63, 3.8) is 0 Å². The molecule has 4 nitrogen and oxygen atoms in total. The molecule has 1 saturated heterocycles. The van der Waals surface area contributed by atoms with Crippen LogP contribution in [0.4, 0.5) is 0 Å². The monoisotopic (exact) mass is 267 g/mol. The third-order valence-electron chi connectivity index (χ3n) is 4.69. The molecular weight excluding hydrogens is 242 g/mol. The summed E-state index contributed by atoms with van der Waals surface area (Å²) in [7, 11) is 0. The molecule has 0 aromatic rings.